The van der Waals surface area contributed by atoms with Gasteiger partial charge in [0.15, 0.2) is 11.5 Å². The smallest absolute Gasteiger partial charge is 0.408 e. The van der Waals surface area contributed by atoms with E-state index in [1.54, 1.807) is 7.11 Å². The van der Waals surface area contributed by atoms with E-state index in [0.717, 1.165) is 24.0 Å². The molecule has 1 aliphatic rings. The Morgan fingerprint density at radius 1 is 1.03 bits per heavy atom. The summed E-state index contributed by atoms with van der Waals surface area (Å²) in [6, 6.07) is 15.6. The molecular formula is C30H42N2O4S. The van der Waals surface area contributed by atoms with Crippen LogP contribution >= 0.6 is 12.2 Å². The van der Waals surface area contributed by atoms with Crippen LogP contribution in [0.3, 0.4) is 0 Å². The van der Waals surface area contributed by atoms with Crippen molar-refractivity contribution in [3.05, 3.63) is 59.7 Å². The molecule has 2 aromatic carbocycles. The predicted molar refractivity (Wildman–Crippen MR) is 152 cm³/mol. The average Bonchev–Trinajstić information content (AvgIpc) is 2.88. The second-order valence-electron chi connectivity index (χ2n) is 10.8. The van der Waals surface area contributed by atoms with Gasteiger partial charge in [0.05, 0.1) is 18.1 Å². The van der Waals surface area contributed by atoms with Gasteiger partial charge in [0.1, 0.15) is 12.2 Å². The monoisotopic (exact) mass is 526 g/mol. The topological polar surface area (TPSA) is 68.8 Å². The van der Waals surface area contributed by atoms with E-state index >= 15 is 0 Å². The number of ether oxygens (including phenoxy) is 3. The maximum atomic E-state index is 12.6. The number of hydrogen-bond acceptors (Lipinski definition) is 5. The van der Waals surface area contributed by atoms with Gasteiger partial charge in [-0.1, -0.05) is 80.7 Å². The lowest BCUT2D eigenvalue weighted by atomic mass is 9.85. The van der Waals surface area contributed by atoms with Gasteiger partial charge in [-0.2, -0.15) is 0 Å². The first kappa shape index (κ1) is 28.8. The molecule has 0 heterocycles. The molecule has 0 saturated heterocycles. The van der Waals surface area contributed by atoms with E-state index in [-0.39, 0.29) is 6.04 Å². The summed E-state index contributed by atoms with van der Waals surface area (Å²) >= 11 is 5.76. The van der Waals surface area contributed by atoms with Crippen molar-refractivity contribution >= 4 is 23.3 Å². The van der Waals surface area contributed by atoms with Crippen LogP contribution in [0, 0.1) is 5.92 Å². The molecule has 7 heteroatoms. The van der Waals surface area contributed by atoms with E-state index in [1.807, 2.05) is 69.3 Å². The number of methoxy groups -OCH3 is 1. The second kappa shape index (κ2) is 14.2. The van der Waals surface area contributed by atoms with E-state index in [4.69, 9.17) is 26.4 Å². The van der Waals surface area contributed by atoms with Crippen molar-refractivity contribution in [3.63, 3.8) is 0 Å². The Bertz CT molecular complexity index is 1000. The Morgan fingerprint density at radius 3 is 2.43 bits per heavy atom. The minimum atomic E-state index is -0.563. The molecule has 1 amide bonds. The minimum Gasteiger partial charge on any atom is -0.493 e. The average molecular weight is 527 g/mol. The lowest BCUT2D eigenvalue weighted by Crippen LogP contribution is -2.47. The first-order chi connectivity index (χ1) is 17.7. The number of benzene rings is 2. The third kappa shape index (κ3) is 10.2. The van der Waals surface area contributed by atoms with Crippen LogP contribution in [0.5, 0.6) is 11.5 Å². The van der Waals surface area contributed by atoms with Gasteiger partial charge >= 0.3 is 6.09 Å². The summed E-state index contributed by atoms with van der Waals surface area (Å²) in [5.41, 5.74) is 1.53. The molecule has 0 aromatic heterocycles. The number of rotatable bonds is 11. The highest BCUT2D eigenvalue weighted by atomic mass is 32.1. The van der Waals surface area contributed by atoms with Crippen molar-refractivity contribution in [2.75, 3.05) is 7.11 Å². The maximum Gasteiger partial charge on any atom is 0.408 e. The number of nitrogens with one attached hydrogen (secondary N) is 2. The van der Waals surface area contributed by atoms with Crippen molar-refractivity contribution in [2.24, 2.45) is 5.92 Å². The zero-order valence-corrected chi connectivity index (χ0v) is 23.5. The lowest BCUT2D eigenvalue weighted by molar-refractivity contribution is 0.0514. The number of carbonyl (C=O) groups is 1. The molecule has 202 valence electrons. The number of thiocarbonyl (C=S) groups is 1. The van der Waals surface area contributed by atoms with Crippen LogP contribution in [-0.2, 0) is 17.9 Å². The Kier molecular flexibility index (Phi) is 11.1. The highest BCUT2D eigenvalue weighted by molar-refractivity contribution is 7.80. The molecule has 2 aromatic rings. The Morgan fingerprint density at radius 2 is 1.76 bits per heavy atom. The van der Waals surface area contributed by atoms with Crippen molar-refractivity contribution in [2.45, 2.75) is 90.5 Å². The van der Waals surface area contributed by atoms with Crippen LogP contribution in [-0.4, -0.2) is 29.8 Å². The third-order valence-electron chi connectivity index (χ3n) is 6.53. The number of carbonyl (C=O) groups excluding carboxylic acids is 1. The second-order valence-corrected chi connectivity index (χ2v) is 11.2. The summed E-state index contributed by atoms with van der Waals surface area (Å²) < 4.78 is 17.1. The van der Waals surface area contributed by atoms with Gasteiger partial charge in [0.25, 0.3) is 0 Å². The van der Waals surface area contributed by atoms with E-state index < -0.39 is 11.7 Å². The number of hydrogen-bond donors (Lipinski definition) is 2. The highest BCUT2D eigenvalue weighted by Crippen LogP contribution is 2.30. The quantitative estimate of drug-likeness (QED) is 0.309. The van der Waals surface area contributed by atoms with Gasteiger partial charge in [-0.05, 0) is 62.8 Å². The summed E-state index contributed by atoms with van der Waals surface area (Å²) in [7, 11) is 1.64. The van der Waals surface area contributed by atoms with Gasteiger partial charge in [0.2, 0.25) is 0 Å². The molecule has 0 bridgehead atoms. The zero-order valence-electron chi connectivity index (χ0n) is 22.7. The largest absolute Gasteiger partial charge is 0.493 e. The van der Waals surface area contributed by atoms with E-state index in [9.17, 15) is 4.79 Å². The zero-order chi connectivity index (χ0) is 26.7. The van der Waals surface area contributed by atoms with Gasteiger partial charge in [-0.25, -0.2) is 4.79 Å². The van der Waals surface area contributed by atoms with Crippen LogP contribution in [0.4, 0.5) is 4.79 Å². The molecule has 1 aliphatic carbocycles. The molecule has 37 heavy (non-hydrogen) atoms. The minimum absolute atomic E-state index is 0.279. The molecule has 1 fully saturated rings. The molecule has 6 nitrogen and oxygen atoms in total. The van der Waals surface area contributed by atoms with Crippen LogP contribution < -0.4 is 20.1 Å². The SMILES string of the molecule is COc1ccc(CNC(=S)[C@@H](CCC2CCCCC2)NC(=O)OC(C)(C)C)cc1OCc1ccccc1. The highest BCUT2D eigenvalue weighted by Gasteiger charge is 2.24. The fourth-order valence-corrected chi connectivity index (χ4v) is 4.84. The fourth-order valence-electron chi connectivity index (χ4n) is 4.59. The number of amides is 1. The van der Waals surface area contributed by atoms with Crippen molar-refractivity contribution in [3.8, 4) is 11.5 Å². The van der Waals surface area contributed by atoms with Gasteiger partial charge in [0, 0.05) is 6.54 Å². The molecule has 0 unspecified atom stereocenters. The number of alkyl carbamates (subject to hydrolysis) is 1. The van der Waals surface area contributed by atoms with E-state index in [0.29, 0.717) is 35.6 Å². The van der Waals surface area contributed by atoms with Crippen molar-refractivity contribution in [1.82, 2.24) is 10.6 Å². The van der Waals surface area contributed by atoms with Crippen LogP contribution in [0.2, 0.25) is 0 Å². The van der Waals surface area contributed by atoms with E-state index in [2.05, 4.69) is 10.6 Å². The first-order valence-corrected chi connectivity index (χ1v) is 13.7. The molecular weight excluding hydrogens is 484 g/mol. The molecule has 2 N–H and O–H groups in total. The molecule has 3 rings (SSSR count). The third-order valence-corrected chi connectivity index (χ3v) is 6.96. The summed E-state index contributed by atoms with van der Waals surface area (Å²) in [5.74, 6) is 2.06. The summed E-state index contributed by atoms with van der Waals surface area (Å²) in [4.78, 5) is 13.2. The van der Waals surface area contributed by atoms with Crippen LogP contribution in [0.25, 0.3) is 0 Å². The van der Waals surface area contributed by atoms with Crippen LogP contribution in [0.1, 0.15) is 76.8 Å². The fraction of sp³-hybridized carbons (Fsp3) is 0.533. The standard InChI is InChI=1S/C30H42N2O4S/c1-30(2,3)36-29(33)32-25(17-15-22-11-7-5-8-12-22)28(37)31-20-24-16-18-26(34-4)27(19-24)35-21-23-13-9-6-10-14-23/h6,9-10,13-14,16,18-19,22,25H,5,7-8,11-12,15,17,20-21H2,1-4H3,(H,31,37)(H,32,33)/t25-/m1/s1. The maximum absolute atomic E-state index is 12.6. The Balaban J connectivity index is 1.61. The normalized spacial score (nSPS) is 14.9. The van der Waals surface area contributed by atoms with E-state index in [1.165, 1.54) is 32.1 Å². The predicted octanol–water partition coefficient (Wildman–Crippen LogP) is 6.95. The summed E-state index contributed by atoms with van der Waals surface area (Å²) in [6.45, 7) is 6.56. The first-order valence-electron chi connectivity index (χ1n) is 13.3. The Hall–Kier alpha value is -2.80. The van der Waals surface area contributed by atoms with Gasteiger partial charge in [-0.3, -0.25) is 0 Å². The van der Waals surface area contributed by atoms with Crippen molar-refractivity contribution < 1.29 is 19.0 Å². The molecule has 0 spiro atoms. The lowest BCUT2D eigenvalue weighted by Gasteiger charge is -2.27. The Labute approximate surface area is 227 Å². The van der Waals surface area contributed by atoms with Crippen LogP contribution in [0.15, 0.2) is 48.5 Å². The summed E-state index contributed by atoms with van der Waals surface area (Å²) in [6.07, 6.45) is 7.84. The van der Waals surface area contributed by atoms with Gasteiger partial charge < -0.3 is 24.8 Å². The van der Waals surface area contributed by atoms with Gasteiger partial charge in [-0.15, -0.1) is 0 Å². The molecule has 1 saturated carbocycles. The van der Waals surface area contributed by atoms with Crippen molar-refractivity contribution in [1.29, 1.82) is 0 Å². The molecule has 0 aliphatic heterocycles. The summed E-state index contributed by atoms with van der Waals surface area (Å²) in [5, 5.41) is 6.37. The molecule has 1 atom stereocenters. The molecule has 0 radical (unpaired) electrons.